The Bertz CT molecular complexity index is 553. The molecule has 0 N–H and O–H groups in total. The molecule has 0 radical (unpaired) electrons. The predicted octanol–water partition coefficient (Wildman–Crippen LogP) is 3.40. The van der Waals surface area contributed by atoms with Crippen LogP contribution in [0.4, 0.5) is 4.39 Å². The van der Waals surface area contributed by atoms with Crippen molar-refractivity contribution in [3.8, 4) is 0 Å². The van der Waals surface area contributed by atoms with Gasteiger partial charge in [-0.1, -0.05) is 0 Å². The van der Waals surface area contributed by atoms with Crippen LogP contribution >= 0.6 is 0 Å². The van der Waals surface area contributed by atoms with Crippen LogP contribution in [-0.2, 0) is 13.1 Å². The monoisotopic (exact) mass is 246 g/mol. The summed E-state index contributed by atoms with van der Waals surface area (Å²) in [6.45, 7) is 6.40. The first-order valence-corrected chi connectivity index (χ1v) is 6.78. The van der Waals surface area contributed by atoms with Gasteiger partial charge in [0.15, 0.2) is 0 Å². The smallest absolute Gasteiger partial charge is 0.125 e. The second kappa shape index (κ2) is 4.73. The molecule has 3 rings (SSSR count). The zero-order valence-corrected chi connectivity index (χ0v) is 10.8. The van der Waals surface area contributed by atoms with Crippen LogP contribution < -0.4 is 0 Å². The van der Waals surface area contributed by atoms with E-state index in [-0.39, 0.29) is 5.82 Å². The first-order valence-electron chi connectivity index (χ1n) is 6.78. The van der Waals surface area contributed by atoms with Gasteiger partial charge in [0.1, 0.15) is 5.82 Å². The predicted molar refractivity (Wildman–Crippen MR) is 72.1 cm³/mol. The average molecular weight is 246 g/mol. The summed E-state index contributed by atoms with van der Waals surface area (Å²) in [6, 6.07) is 7.27. The molecule has 3 heteroatoms. The minimum absolute atomic E-state index is 0.150. The zero-order chi connectivity index (χ0) is 12.5. The molecule has 18 heavy (non-hydrogen) atoms. The number of aromatic nitrogens is 1. The second-order valence-electron chi connectivity index (χ2n) is 5.07. The Morgan fingerprint density at radius 1 is 1.17 bits per heavy atom. The number of hydrogen-bond donors (Lipinski definition) is 0. The standard InChI is InChI=1S/C15H19FN2/c1-2-18-14(11-17-7-3-4-8-17)9-12-5-6-13(16)10-15(12)18/h5-6,9-10H,2-4,7-8,11H2,1H3. The SMILES string of the molecule is CCn1c(CN2CCCC2)cc2ccc(F)cc21. The lowest BCUT2D eigenvalue weighted by molar-refractivity contribution is 0.322. The van der Waals surface area contributed by atoms with Gasteiger partial charge in [-0.3, -0.25) is 4.90 Å². The van der Waals surface area contributed by atoms with E-state index in [9.17, 15) is 4.39 Å². The molecule has 0 saturated carbocycles. The lowest BCUT2D eigenvalue weighted by Crippen LogP contribution is -2.20. The van der Waals surface area contributed by atoms with Gasteiger partial charge >= 0.3 is 0 Å². The van der Waals surface area contributed by atoms with Crippen LogP contribution in [0, 0.1) is 5.82 Å². The molecule has 1 aromatic heterocycles. The van der Waals surface area contributed by atoms with E-state index in [4.69, 9.17) is 0 Å². The molecule has 0 bridgehead atoms. The molecule has 1 aliphatic heterocycles. The number of aryl methyl sites for hydroxylation is 1. The maximum atomic E-state index is 13.3. The van der Waals surface area contributed by atoms with E-state index in [2.05, 4.69) is 22.5 Å². The third kappa shape index (κ3) is 2.03. The summed E-state index contributed by atoms with van der Waals surface area (Å²) in [7, 11) is 0. The summed E-state index contributed by atoms with van der Waals surface area (Å²) in [5.74, 6) is -0.150. The highest BCUT2D eigenvalue weighted by Crippen LogP contribution is 2.23. The summed E-state index contributed by atoms with van der Waals surface area (Å²) in [4.78, 5) is 2.48. The van der Waals surface area contributed by atoms with Crippen LogP contribution in [0.1, 0.15) is 25.5 Å². The lowest BCUT2D eigenvalue weighted by Gasteiger charge is -2.16. The summed E-state index contributed by atoms with van der Waals surface area (Å²) < 4.78 is 15.6. The van der Waals surface area contributed by atoms with E-state index < -0.39 is 0 Å². The van der Waals surface area contributed by atoms with Crippen molar-refractivity contribution >= 4 is 10.9 Å². The fourth-order valence-corrected chi connectivity index (χ4v) is 2.96. The Morgan fingerprint density at radius 2 is 1.94 bits per heavy atom. The molecule has 1 saturated heterocycles. The van der Waals surface area contributed by atoms with E-state index in [0.717, 1.165) is 24.0 Å². The molecule has 0 unspecified atom stereocenters. The fourth-order valence-electron chi connectivity index (χ4n) is 2.96. The fraction of sp³-hybridized carbons (Fsp3) is 0.467. The molecule has 0 spiro atoms. The summed E-state index contributed by atoms with van der Waals surface area (Å²) in [5, 5.41) is 1.15. The summed E-state index contributed by atoms with van der Waals surface area (Å²) in [5.41, 5.74) is 2.33. The number of rotatable bonds is 3. The van der Waals surface area contributed by atoms with Gasteiger partial charge in [0.05, 0.1) is 5.52 Å². The minimum Gasteiger partial charge on any atom is -0.344 e. The largest absolute Gasteiger partial charge is 0.344 e. The Hall–Kier alpha value is -1.35. The Balaban J connectivity index is 1.99. The van der Waals surface area contributed by atoms with Crippen LogP contribution in [0.2, 0.25) is 0 Å². The molecule has 1 aliphatic rings. The van der Waals surface area contributed by atoms with E-state index in [1.807, 2.05) is 6.07 Å². The third-order valence-corrected chi connectivity index (χ3v) is 3.85. The number of fused-ring (bicyclic) bond motifs is 1. The molecule has 2 heterocycles. The van der Waals surface area contributed by atoms with E-state index in [1.165, 1.54) is 31.6 Å². The second-order valence-corrected chi connectivity index (χ2v) is 5.07. The highest BCUT2D eigenvalue weighted by atomic mass is 19.1. The normalized spacial score (nSPS) is 16.8. The number of likely N-dealkylation sites (tertiary alicyclic amines) is 1. The van der Waals surface area contributed by atoms with Gasteiger partial charge in [-0.2, -0.15) is 0 Å². The van der Waals surface area contributed by atoms with E-state index >= 15 is 0 Å². The van der Waals surface area contributed by atoms with Gasteiger partial charge in [-0.05, 0) is 57.1 Å². The third-order valence-electron chi connectivity index (χ3n) is 3.85. The maximum Gasteiger partial charge on any atom is 0.125 e. The van der Waals surface area contributed by atoms with Crippen molar-refractivity contribution in [3.63, 3.8) is 0 Å². The van der Waals surface area contributed by atoms with Crippen molar-refractivity contribution in [1.82, 2.24) is 9.47 Å². The maximum absolute atomic E-state index is 13.3. The Morgan fingerprint density at radius 3 is 2.67 bits per heavy atom. The molecular formula is C15H19FN2. The molecular weight excluding hydrogens is 227 g/mol. The summed E-state index contributed by atoms with van der Waals surface area (Å²) >= 11 is 0. The number of nitrogens with zero attached hydrogens (tertiary/aromatic N) is 2. The van der Waals surface area contributed by atoms with Gasteiger partial charge in [0.25, 0.3) is 0 Å². The van der Waals surface area contributed by atoms with Crippen molar-refractivity contribution in [2.24, 2.45) is 0 Å². The number of benzene rings is 1. The van der Waals surface area contributed by atoms with E-state index in [1.54, 1.807) is 12.1 Å². The number of hydrogen-bond acceptors (Lipinski definition) is 1. The molecule has 2 aromatic rings. The Kier molecular flexibility index (Phi) is 3.08. The highest BCUT2D eigenvalue weighted by Gasteiger charge is 2.15. The first-order chi connectivity index (χ1) is 8.78. The molecule has 2 nitrogen and oxygen atoms in total. The van der Waals surface area contributed by atoms with Crippen LogP contribution in [0.3, 0.4) is 0 Å². The van der Waals surface area contributed by atoms with E-state index in [0.29, 0.717) is 0 Å². The van der Waals surface area contributed by atoms with Gasteiger partial charge in [0.2, 0.25) is 0 Å². The van der Waals surface area contributed by atoms with Crippen molar-refractivity contribution in [3.05, 3.63) is 35.8 Å². The molecule has 0 aliphatic carbocycles. The van der Waals surface area contributed by atoms with Gasteiger partial charge in [-0.25, -0.2) is 4.39 Å². The van der Waals surface area contributed by atoms with Crippen molar-refractivity contribution in [2.75, 3.05) is 13.1 Å². The topological polar surface area (TPSA) is 8.17 Å². The van der Waals surface area contributed by atoms with Crippen LogP contribution in [0.5, 0.6) is 0 Å². The van der Waals surface area contributed by atoms with Crippen molar-refractivity contribution in [2.45, 2.75) is 32.9 Å². The molecule has 0 amide bonds. The highest BCUT2D eigenvalue weighted by molar-refractivity contribution is 5.81. The molecule has 96 valence electrons. The summed E-state index contributed by atoms with van der Waals surface area (Å²) in [6.07, 6.45) is 2.61. The first kappa shape index (κ1) is 11.7. The van der Waals surface area contributed by atoms with Gasteiger partial charge < -0.3 is 4.57 Å². The molecule has 1 fully saturated rings. The Labute approximate surface area is 107 Å². The molecule has 0 atom stereocenters. The lowest BCUT2D eigenvalue weighted by atomic mass is 10.2. The van der Waals surface area contributed by atoms with Gasteiger partial charge in [-0.15, -0.1) is 0 Å². The average Bonchev–Trinajstić information content (AvgIpc) is 2.96. The van der Waals surface area contributed by atoms with Crippen LogP contribution in [-0.4, -0.2) is 22.6 Å². The van der Waals surface area contributed by atoms with Crippen LogP contribution in [0.25, 0.3) is 10.9 Å². The molecule has 1 aromatic carbocycles. The van der Waals surface area contributed by atoms with Crippen molar-refractivity contribution in [1.29, 1.82) is 0 Å². The minimum atomic E-state index is -0.150. The van der Waals surface area contributed by atoms with Crippen molar-refractivity contribution < 1.29 is 4.39 Å². The van der Waals surface area contributed by atoms with Gasteiger partial charge in [0, 0.05) is 24.2 Å². The zero-order valence-electron chi connectivity index (χ0n) is 10.8. The van der Waals surface area contributed by atoms with Crippen LogP contribution in [0.15, 0.2) is 24.3 Å². The quantitative estimate of drug-likeness (QED) is 0.806. The number of halogens is 1.